The molecule has 6 heteroatoms. The average molecular weight is 410 g/mol. The number of benzene rings is 2. The van der Waals surface area contributed by atoms with Crippen LogP contribution in [-0.4, -0.2) is 37.7 Å². The quantitative estimate of drug-likeness (QED) is 0.157. The van der Waals surface area contributed by atoms with Crippen LogP contribution >= 0.6 is 0 Å². The number of Topliss-reactive ketones (excluding diaryl/α,β-unsaturated/α-hetero) is 1. The van der Waals surface area contributed by atoms with Crippen molar-refractivity contribution in [1.82, 2.24) is 0 Å². The number of aryl methyl sites for hydroxylation is 1. The van der Waals surface area contributed by atoms with Gasteiger partial charge in [-0.3, -0.25) is 4.79 Å². The maximum Gasteiger partial charge on any atom is 0.345 e. The van der Waals surface area contributed by atoms with Crippen LogP contribution in [0.2, 0.25) is 0 Å². The van der Waals surface area contributed by atoms with Gasteiger partial charge in [0, 0.05) is 6.42 Å². The molecule has 0 saturated heterocycles. The second-order valence-corrected chi connectivity index (χ2v) is 6.36. The van der Waals surface area contributed by atoms with Gasteiger partial charge in [0.15, 0.2) is 5.78 Å². The Bertz CT molecular complexity index is 908. The van der Waals surface area contributed by atoms with E-state index in [4.69, 9.17) is 14.2 Å². The number of esters is 1. The molecule has 158 valence electrons. The van der Waals surface area contributed by atoms with Crippen LogP contribution in [0, 0.1) is 0 Å². The number of rotatable bonds is 10. The summed E-state index contributed by atoms with van der Waals surface area (Å²) in [5, 5.41) is 10.4. The largest absolute Gasteiger partial charge is 0.507 e. The lowest BCUT2D eigenvalue weighted by molar-refractivity contribution is -0.140. The summed E-state index contributed by atoms with van der Waals surface area (Å²) < 4.78 is 15.2. The first-order chi connectivity index (χ1) is 14.5. The lowest BCUT2D eigenvalue weighted by Crippen LogP contribution is -2.18. The van der Waals surface area contributed by atoms with Crippen molar-refractivity contribution in [3.63, 3.8) is 0 Å². The van der Waals surface area contributed by atoms with Crippen LogP contribution in [0.1, 0.15) is 24.5 Å². The van der Waals surface area contributed by atoms with E-state index < -0.39 is 17.5 Å². The van der Waals surface area contributed by atoms with E-state index in [1.54, 1.807) is 63.6 Å². The predicted molar refractivity (Wildman–Crippen MR) is 115 cm³/mol. The predicted octanol–water partition coefficient (Wildman–Crippen LogP) is 4.29. The Kier molecular flexibility index (Phi) is 8.69. The van der Waals surface area contributed by atoms with Gasteiger partial charge in [0.1, 0.15) is 22.8 Å². The van der Waals surface area contributed by atoms with Crippen molar-refractivity contribution in [2.45, 2.75) is 19.8 Å². The minimum Gasteiger partial charge on any atom is -0.507 e. The van der Waals surface area contributed by atoms with E-state index in [0.29, 0.717) is 12.2 Å². The molecule has 0 atom stereocenters. The summed E-state index contributed by atoms with van der Waals surface area (Å²) >= 11 is 0. The van der Waals surface area contributed by atoms with Gasteiger partial charge < -0.3 is 19.3 Å². The smallest absolute Gasteiger partial charge is 0.345 e. The summed E-state index contributed by atoms with van der Waals surface area (Å²) in [7, 11) is 3.15. The maximum atomic E-state index is 12.7. The van der Waals surface area contributed by atoms with Crippen molar-refractivity contribution < 1.29 is 28.9 Å². The second-order valence-electron chi connectivity index (χ2n) is 6.36. The van der Waals surface area contributed by atoms with Crippen LogP contribution in [0.5, 0.6) is 11.5 Å². The molecule has 0 aromatic heterocycles. The van der Waals surface area contributed by atoms with Crippen molar-refractivity contribution in [2.75, 3.05) is 20.8 Å². The Hall–Kier alpha value is -3.54. The van der Waals surface area contributed by atoms with Crippen LogP contribution < -0.4 is 9.47 Å². The Morgan fingerprint density at radius 1 is 0.933 bits per heavy atom. The number of aliphatic hydroxyl groups is 1. The van der Waals surface area contributed by atoms with Crippen LogP contribution in [0.3, 0.4) is 0 Å². The molecule has 0 unspecified atom stereocenters. The zero-order valence-electron chi connectivity index (χ0n) is 17.4. The Balaban J connectivity index is 2.17. The van der Waals surface area contributed by atoms with E-state index in [1.807, 2.05) is 12.1 Å². The van der Waals surface area contributed by atoms with Crippen LogP contribution in [0.4, 0.5) is 0 Å². The fourth-order valence-corrected chi connectivity index (χ4v) is 2.71. The molecule has 0 amide bonds. The molecule has 0 bridgehead atoms. The normalized spacial score (nSPS) is 11.7. The Morgan fingerprint density at radius 2 is 1.50 bits per heavy atom. The van der Waals surface area contributed by atoms with Crippen LogP contribution in [0.25, 0.3) is 6.08 Å². The third kappa shape index (κ3) is 6.51. The summed E-state index contributed by atoms with van der Waals surface area (Å²) in [5.41, 5.74) is 1.34. The number of carbonyl (C=O) groups excluding carboxylic acids is 2. The Morgan fingerprint density at radius 3 is 2.03 bits per heavy atom. The van der Waals surface area contributed by atoms with Crippen LogP contribution in [0.15, 0.2) is 65.9 Å². The van der Waals surface area contributed by atoms with Gasteiger partial charge in [0.05, 0.1) is 20.8 Å². The van der Waals surface area contributed by atoms with Gasteiger partial charge in [-0.25, -0.2) is 4.79 Å². The standard InChI is InChI=1S/C24H26O6/c1-4-30-24(27)23(21(25)15-9-17-5-11-19(28-2)12-6-17)22(26)16-10-18-7-13-20(29-3)14-8-18/h5-9,11-15,25H,4,10,16H2,1-3H3/b15-9+,23-21+. The minimum absolute atomic E-state index is 0.0565. The van der Waals surface area contributed by atoms with Gasteiger partial charge in [-0.2, -0.15) is 0 Å². The molecule has 2 rings (SSSR count). The van der Waals surface area contributed by atoms with Gasteiger partial charge in [-0.1, -0.05) is 30.3 Å². The summed E-state index contributed by atoms with van der Waals surface area (Å²) in [6.45, 7) is 1.74. The zero-order valence-corrected chi connectivity index (χ0v) is 17.4. The fourth-order valence-electron chi connectivity index (χ4n) is 2.71. The molecule has 0 radical (unpaired) electrons. The SMILES string of the molecule is CCOC(=O)/C(C(=O)CCc1ccc(OC)cc1)=C(O)\C=C\c1ccc(OC)cc1. The van der Waals surface area contributed by atoms with E-state index in [-0.39, 0.29) is 18.6 Å². The fraction of sp³-hybridized carbons (Fsp3) is 0.250. The Labute approximate surface area is 176 Å². The van der Waals surface area contributed by atoms with Crippen molar-refractivity contribution in [3.8, 4) is 11.5 Å². The van der Waals surface area contributed by atoms with Crippen molar-refractivity contribution in [3.05, 3.63) is 77.1 Å². The summed E-state index contributed by atoms with van der Waals surface area (Å²) in [4.78, 5) is 25.0. The second kappa shape index (κ2) is 11.5. The number of allylic oxidation sites excluding steroid dienone is 1. The molecule has 0 heterocycles. The first-order valence-corrected chi connectivity index (χ1v) is 9.57. The molecule has 0 spiro atoms. The highest BCUT2D eigenvalue weighted by Gasteiger charge is 2.23. The molecule has 0 aliphatic heterocycles. The molecule has 0 aliphatic rings. The number of hydrogen-bond acceptors (Lipinski definition) is 6. The first kappa shape index (κ1) is 22.7. The zero-order chi connectivity index (χ0) is 21.9. The highest BCUT2D eigenvalue weighted by molar-refractivity contribution is 6.18. The van der Waals surface area contributed by atoms with Gasteiger partial charge in [0.25, 0.3) is 0 Å². The van der Waals surface area contributed by atoms with E-state index in [2.05, 4.69) is 0 Å². The lowest BCUT2D eigenvalue weighted by atomic mass is 10.0. The molecule has 2 aromatic rings. The average Bonchev–Trinajstić information content (AvgIpc) is 2.77. The summed E-state index contributed by atoms with van der Waals surface area (Å²) in [5.74, 6) is -0.328. The molecule has 1 N–H and O–H groups in total. The van der Waals surface area contributed by atoms with Gasteiger partial charge in [-0.05, 0) is 54.8 Å². The molecule has 0 saturated carbocycles. The molecular weight excluding hydrogens is 384 g/mol. The van der Waals surface area contributed by atoms with E-state index >= 15 is 0 Å². The molecule has 30 heavy (non-hydrogen) atoms. The van der Waals surface area contributed by atoms with Gasteiger partial charge >= 0.3 is 5.97 Å². The number of methoxy groups -OCH3 is 2. The molecule has 0 fully saturated rings. The topological polar surface area (TPSA) is 82.1 Å². The van der Waals surface area contributed by atoms with E-state index in [1.165, 1.54) is 6.08 Å². The molecule has 2 aromatic carbocycles. The summed E-state index contributed by atoms with van der Waals surface area (Å²) in [6, 6.07) is 14.4. The van der Waals surface area contributed by atoms with E-state index in [0.717, 1.165) is 16.9 Å². The van der Waals surface area contributed by atoms with Gasteiger partial charge in [0.2, 0.25) is 0 Å². The van der Waals surface area contributed by atoms with E-state index in [9.17, 15) is 14.7 Å². The number of ether oxygens (including phenoxy) is 3. The number of carbonyl (C=O) groups is 2. The van der Waals surface area contributed by atoms with Crippen molar-refractivity contribution in [1.29, 1.82) is 0 Å². The van der Waals surface area contributed by atoms with Gasteiger partial charge in [-0.15, -0.1) is 0 Å². The molecule has 0 aliphatic carbocycles. The lowest BCUT2D eigenvalue weighted by Gasteiger charge is -2.08. The number of aliphatic hydroxyl groups excluding tert-OH is 1. The highest BCUT2D eigenvalue weighted by atomic mass is 16.5. The third-order valence-electron chi connectivity index (χ3n) is 4.36. The van der Waals surface area contributed by atoms with Crippen LogP contribution in [-0.2, 0) is 20.7 Å². The summed E-state index contributed by atoms with van der Waals surface area (Å²) in [6.07, 6.45) is 3.40. The molecular formula is C24H26O6. The van der Waals surface area contributed by atoms with Crippen molar-refractivity contribution in [2.24, 2.45) is 0 Å². The highest BCUT2D eigenvalue weighted by Crippen LogP contribution is 2.17. The first-order valence-electron chi connectivity index (χ1n) is 9.57. The molecule has 6 nitrogen and oxygen atoms in total. The third-order valence-corrected chi connectivity index (χ3v) is 4.36. The number of hydrogen-bond donors (Lipinski definition) is 1. The number of ketones is 1. The minimum atomic E-state index is -0.839. The monoisotopic (exact) mass is 410 g/mol. The maximum absolute atomic E-state index is 12.7. The van der Waals surface area contributed by atoms with Crippen molar-refractivity contribution >= 4 is 17.8 Å².